The van der Waals surface area contributed by atoms with Gasteiger partial charge in [0.2, 0.25) is 0 Å². The molecule has 3 nitrogen and oxygen atoms in total. The second kappa shape index (κ2) is 9.62. The summed E-state index contributed by atoms with van der Waals surface area (Å²) in [6.07, 6.45) is 2.97. The molecule has 1 unspecified atom stereocenters. The highest BCUT2D eigenvalue weighted by molar-refractivity contribution is 6.74. The first-order chi connectivity index (χ1) is 13.1. The van der Waals surface area contributed by atoms with Crippen molar-refractivity contribution < 1.29 is 14.3 Å². The smallest absolute Gasteiger partial charge is 0.250 e. The fourth-order valence-corrected chi connectivity index (χ4v) is 3.86. The third-order valence-corrected chi connectivity index (χ3v) is 10.1. The molecule has 0 bridgehead atoms. The molecule has 2 rings (SSSR count). The Kier molecular flexibility index (Phi) is 7.73. The van der Waals surface area contributed by atoms with Crippen molar-refractivity contribution in [3.63, 3.8) is 0 Å². The zero-order valence-electron chi connectivity index (χ0n) is 18.3. The van der Waals surface area contributed by atoms with Crippen LogP contribution in [0.15, 0.2) is 48.5 Å². The minimum absolute atomic E-state index is 0.138. The van der Waals surface area contributed by atoms with E-state index in [4.69, 9.17) is 9.16 Å². The summed E-state index contributed by atoms with van der Waals surface area (Å²) in [4.78, 5) is 0. The summed E-state index contributed by atoms with van der Waals surface area (Å²) in [5.41, 5.74) is 2.44. The van der Waals surface area contributed by atoms with Gasteiger partial charge >= 0.3 is 0 Å². The fraction of sp³-hybridized carbons (Fsp3) is 0.500. The summed E-state index contributed by atoms with van der Waals surface area (Å²) < 4.78 is 12.0. The molecule has 1 N–H and O–H groups in total. The van der Waals surface area contributed by atoms with Crippen LogP contribution in [-0.4, -0.2) is 26.6 Å². The highest BCUT2D eigenvalue weighted by Gasteiger charge is 2.39. The lowest BCUT2D eigenvalue weighted by Crippen LogP contribution is -2.43. The lowest BCUT2D eigenvalue weighted by atomic mass is 10.0. The predicted octanol–water partition coefficient (Wildman–Crippen LogP) is 6.01. The molecule has 0 saturated heterocycles. The van der Waals surface area contributed by atoms with Gasteiger partial charge in [-0.3, -0.25) is 0 Å². The highest BCUT2D eigenvalue weighted by atomic mass is 28.4. The minimum Gasteiger partial charge on any atom is -0.541 e. The van der Waals surface area contributed by atoms with Gasteiger partial charge in [-0.15, -0.1) is 0 Å². The van der Waals surface area contributed by atoms with Gasteiger partial charge in [-0.25, -0.2) is 0 Å². The Hall–Kier alpha value is -1.78. The second-order valence-corrected chi connectivity index (χ2v) is 13.8. The molecule has 0 amide bonds. The Balaban J connectivity index is 1.94. The topological polar surface area (TPSA) is 38.7 Å². The number of hydrogen-bond donors (Lipinski definition) is 1. The van der Waals surface area contributed by atoms with E-state index in [1.165, 1.54) is 5.56 Å². The molecular formula is C24H36O3Si. The third kappa shape index (κ3) is 6.38. The van der Waals surface area contributed by atoms with Gasteiger partial charge in [-0.1, -0.05) is 57.2 Å². The lowest BCUT2D eigenvalue weighted by Gasteiger charge is -2.36. The molecule has 1 atom stereocenters. The van der Waals surface area contributed by atoms with Crippen LogP contribution >= 0.6 is 0 Å². The first-order valence-corrected chi connectivity index (χ1v) is 13.1. The summed E-state index contributed by atoms with van der Waals surface area (Å²) in [6.45, 7) is 11.2. The van der Waals surface area contributed by atoms with Crippen molar-refractivity contribution in [3.8, 4) is 11.5 Å². The molecular weight excluding hydrogens is 364 g/mol. The van der Waals surface area contributed by atoms with Gasteiger partial charge in [0.05, 0.1) is 13.2 Å². The second-order valence-electron chi connectivity index (χ2n) is 9.06. The predicted molar refractivity (Wildman–Crippen MR) is 120 cm³/mol. The van der Waals surface area contributed by atoms with E-state index in [1.54, 1.807) is 7.11 Å². The molecule has 0 saturated carbocycles. The number of aliphatic hydroxyl groups is 1. The van der Waals surface area contributed by atoms with Crippen molar-refractivity contribution in [2.45, 2.75) is 70.7 Å². The average molecular weight is 401 g/mol. The Labute approximate surface area is 171 Å². The maximum Gasteiger partial charge on any atom is 0.250 e. The van der Waals surface area contributed by atoms with E-state index in [2.05, 4.69) is 52.1 Å². The van der Waals surface area contributed by atoms with Gasteiger partial charge in [0.15, 0.2) is 5.75 Å². The number of methoxy groups -OCH3 is 1. The Bertz CT molecular complexity index is 735. The molecule has 0 aliphatic carbocycles. The average Bonchev–Trinajstić information content (AvgIpc) is 2.65. The molecule has 0 heterocycles. The van der Waals surface area contributed by atoms with Gasteiger partial charge in [0.1, 0.15) is 5.75 Å². The molecule has 2 aromatic rings. The van der Waals surface area contributed by atoms with Crippen molar-refractivity contribution in [3.05, 3.63) is 59.7 Å². The van der Waals surface area contributed by atoms with E-state index in [0.29, 0.717) is 0 Å². The van der Waals surface area contributed by atoms with Crippen molar-refractivity contribution in [2.75, 3.05) is 7.11 Å². The Morgan fingerprint density at radius 2 is 1.50 bits per heavy atom. The number of aryl methyl sites for hydroxylation is 2. The number of hydrogen-bond acceptors (Lipinski definition) is 3. The molecule has 0 aliphatic heterocycles. The number of aliphatic hydroxyl groups excluding tert-OH is 1. The zero-order valence-corrected chi connectivity index (χ0v) is 19.3. The number of benzene rings is 2. The fourth-order valence-electron chi connectivity index (χ4n) is 2.84. The molecule has 28 heavy (non-hydrogen) atoms. The van der Waals surface area contributed by atoms with E-state index in [1.807, 2.05) is 30.3 Å². The maximum atomic E-state index is 10.3. The van der Waals surface area contributed by atoms with Crippen molar-refractivity contribution in [2.24, 2.45) is 0 Å². The van der Waals surface area contributed by atoms with E-state index in [9.17, 15) is 5.11 Å². The highest BCUT2D eigenvalue weighted by Crippen LogP contribution is 2.40. The van der Waals surface area contributed by atoms with Gasteiger partial charge in [0.25, 0.3) is 8.32 Å². The minimum atomic E-state index is -1.91. The molecule has 0 radical (unpaired) electrons. The van der Waals surface area contributed by atoms with Crippen LogP contribution in [0, 0.1) is 0 Å². The van der Waals surface area contributed by atoms with E-state index >= 15 is 0 Å². The third-order valence-electron chi connectivity index (χ3n) is 5.77. The SMILES string of the molecule is COc1cc(CCC(O)CCc2ccccc2)ccc1O[Si](C)(C)C(C)(C)C. The standard InChI is InChI=1S/C24H36O3Si/c1-24(2,3)28(5,6)27-22-17-14-20(18-23(22)26-4)13-16-21(25)15-12-19-10-8-7-9-11-19/h7-11,14,17-18,21,25H,12-13,15-16H2,1-6H3. The molecule has 0 aromatic heterocycles. The van der Waals surface area contributed by atoms with Crippen molar-refractivity contribution in [1.82, 2.24) is 0 Å². The molecule has 0 aliphatic rings. The quantitative estimate of drug-likeness (QED) is 0.524. The van der Waals surface area contributed by atoms with Crippen LogP contribution in [0.5, 0.6) is 11.5 Å². The van der Waals surface area contributed by atoms with Crippen LogP contribution in [0.1, 0.15) is 44.7 Å². The molecule has 0 spiro atoms. The summed E-state index contributed by atoms with van der Waals surface area (Å²) in [5.74, 6) is 1.60. The first-order valence-electron chi connectivity index (χ1n) is 10.2. The summed E-state index contributed by atoms with van der Waals surface area (Å²) in [6, 6.07) is 16.5. The van der Waals surface area contributed by atoms with Crippen LogP contribution in [0.3, 0.4) is 0 Å². The van der Waals surface area contributed by atoms with Crippen LogP contribution in [0.2, 0.25) is 18.1 Å². The Morgan fingerprint density at radius 3 is 2.07 bits per heavy atom. The first kappa shape index (κ1) is 22.5. The van der Waals surface area contributed by atoms with Gasteiger partial charge in [-0.05, 0) is 67.1 Å². The van der Waals surface area contributed by atoms with E-state index in [-0.39, 0.29) is 11.1 Å². The summed E-state index contributed by atoms with van der Waals surface area (Å²) >= 11 is 0. The molecule has 4 heteroatoms. The largest absolute Gasteiger partial charge is 0.541 e. The molecule has 154 valence electrons. The lowest BCUT2D eigenvalue weighted by molar-refractivity contribution is 0.155. The number of rotatable bonds is 9. The van der Waals surface area contributed by atoms with Gasteiger partial charge < -0.3 is 14.3 Å². The van der Waals surface area contributed by atoms with Crippen LogP contribution in [0.4, 0.5) is 0 Å². The Morgan fingerprint density at radius 1 is 0.893 bits per heavy atom. The monoisotopic (exact) mass is 400 g/mol. The van der Waals surface area contributed by atoms with Crippen molar-refractivity contribution in [1.29, 1.82) is 0 Å². The number of ether oxygens (including phenoxy) is 1. The van der Waals surface area contributed by atoms with Crippen LogP contribution < -0.4 is 9.16 Å². The van der Waals surface area contributed by atoms with E-state index < -0.39 is 8.32 Å². The zero-order chi connectivity index (χ0) is 20.8. The van der Waals surface area contributed by atoms with E-state index in [0.717, 1.165) is 42.7 Å². The van der Waals surface area contributed by atoms with Crippen LogP contribution in [-0.2, 0) is 12.8 Å². The normalized spacial score (nSPS) is 13.2. The maximum absolute atomic E-state index is 10.3. The van der Waals surface area contributed by atoms with Crippen molar-refractivity contribution >= 4 is 8.32 Å². The molecule has 2 aromatic carbocycles. The van der Waals surface area contributed by atoms with Gasteiger partial charge in [0, 0.05) is 0 Å². The van der Waals surface area contributed by atoms with Crippen LogP contribution in [0.25, 0.3) is 0 Å². The molecule has 0 fully saturated rings. The van der Waals surface area contributed by atoms with Gasteiger partial charge in [-0.2, -0.15) is 0 Å². The summed E-state index contributed by atoms with van der Waals surface area (Å²) in [7, 11) is -0.223. The summed E-state index contributed by atoms with van der Waals surface area (Å²) in [5, 5.41) is 10.5.